The van der Waals surface area contributed by atoms with Gasteiger partial charge in [0, 0.05) is 16.8 Å². The summed E-state index contributed by atoms with van der Waals surface area (Å²) >= 11 is 3.65. The van der Waals surface area contributed by atoms with Gasteiger partial charge in [-0.15, -0.1) is 0 Å². The normalized spacial score (nSPS) is 39.6. The van der Waals surface area contributed by atoms with E-state index in [1.807, 2.05) is 0 Å². The van der Waals surface area contributed by atoms with Crippen LogP contribution in [0.15, 0.2) is 0 Å². The Balaban J connectivity index is 1.79. The van der Waals surface area contributed by atoms with Crippen LogP contribution in [0.5, 0.6) is 0 Å². The van der Waals surface area contributed by atoms with Gasteiger partial charge in [0.05, 0.1) is 0 Å². The second-order valence-electron chi connectivity index (χ2n) is 5.52. The van der Waals surface area contributed by atoms with Gasteiger partial charge >= 0.3 is 0 Å². The molecule has 2 unspecified atom stereocenters. The first-order valence-electron chi connectivity index (χ1n) is 6.61. The molecule has 0 radical (unpaired) electrons. The van der Waals surface area contributed by atoms with Gasteiger partial charge in [-0.05, 0) is 44.4 Å². The second kappa shape index (κ2) is 5.52. The Labute approximate surface area is 107 Å². The molecule has 1 N–H and O–H groups in total. The summed E-state index contributed by atoms with van der Waals surface area (Å²) in [7, 11) is 0. The zero-order valence-electron chi connectivity index (χ0n) is 10.0. The largest absolute Gasteiger partial charge is 0.352 e. The Kier molecular flexibility index (Phi) is 4.28. The summed E-state index contributed by atoms with van der Waals surface area (Å²) in [6.45, 7) is 2.29. The number of hydrogen-bond acceptors (Lipinski definition) is 1. The fourth-order valence-corrected chi connectivity index (χ4v) is 3.62. The molecule has 2 fully saturated rings. The van der Waals surface area contributed by atoms with Crippen LogP contribution in [0.4, 0.5) is 0 Å². The zero-order valence-corrected chi connectivity index (χ0v) is 11.6. The van der Waals surface area contributed by atoms with E-state index in [-0.39, 0.29) is 5.92 Å². The predicted molar refractivity (Wildman–Crippen MR) is 69.6 cm³/mol. The van der Waals surface area contributed by atoms with Gasteiger partial charge in [0.15, 0.2) is 0 Å². The van der Waals surface area contributed by atoms with Gasteiger partial charge < -0.3 is 5.32 Å². The summed E-state index contributed by atoms with van der Waals surface area (Å²) in [5.41, 5.74) is 0. The summed E-state index contributed by atoms with van der Waals surface area (Å²) in [4.78, 5) is 12.6. The summed E-state index contributed by atoms with van der Waals surface area (Å²) in [6.07, 6.45) is 8.21. The number of amides is 1. The maximum atomic E-state index is 12.1. The Morgan fingerprint density at radius 2 is 1.81 bits per heavy atom. The van der Waals surface area contributed by atoms with Crippen LogP contribution in [0, 0.1) is 11.8 Å². The van der Waals surface area contributed by atoms with Crippen LogP contribution in [0.1, 0.15) is 51.9 Å². The highest BCUT2D eigenvalue weighted by Gasteiger charge is 2.30. The van der Waals surface area contributed by atoms with Gasteiger partial charge in [-0.25, -0.2) is 0 Å². The van der Waals surface area contributed by atoms with Crippen molar-refractivity contribution in [3.8, 4) is 0 Å². The number of rotatable bonds is 2. The highest BCUT2D eigenvalue weighted by atomic mass is 79.9. The van der Waals surface area contributed by atoms with Crippen molar-refractivity contribution in [2.45, 2.75) is 62.7 Å². The van der Waals surface area contributed by atoms with Gasteiger partial charge in [-0.1, -0.05) is 29.3 Å². The van der Waals surface area contributed by atoms with Crippen LogP contribution >= 0.6 is 15.9 Å². The third-order valence-electron chi connectivity index (χ3n) is 4.15. The molecule has 0 aromatic heterocycles. The molecular weight excluding hydrogens is 266 g/mol. The first-order chi connectivity index (χ1) is 7.66. The number of nitrogens with one attached hydrogen (secondary N) is 1. The number of hydrogen-bond donors (Lipinski definition) is 1. The lowest BCUT2D eigenvalue weighted by Gasteiger charge is -2.27. The van der Waals surface area contributed by atoms with Crippen LogP contribution in [0.3, 0.4) is 0 Å². The van der Waals surface area contributed by atoms with Crippen LogP contribution in [-0.2, 0) is 4.79 Å². The molecule has 0 saturated heterocycles. The molecule has 0 bridgehead atoms. The molecule has 1 amide bonds. The molecule has 16 heavy (non-hydrogen) atoms. The summed E-state index contributed by atoms with van der Waals surface area (Å²) in [6, 6.07) is 0.381. The van der Waals surface area contributed by atoms with Crippen molar-refractivity contribution in [3.05, 3.63) is 0 Å². The lowest BCUT2D eigenvalue weighted by molar-refractivity contribution is -0.126. The third-order valence-corrected chi connectivity index (χ3v) is 5.24. The maximum Gasteiger partial charge on any atom is 0.223 e. The third kappa shape index (κ3) is 2.99. The fourth-order valence-electron chi connectivity index (χ4n) is 2.90. The van der Waals surface area contributed by atoms with Gasteiger partial charge in [0.1, 0.15) is 0 Å². The maximum absolute atomic E-state index is 12.1. The molecular formula is C13H22BrNO. The van der Waals surface area contributed by atoms with Gasteiger partial charge in [-0.3, -0.25) is 4.79 Å². The molecule has 92 valence electrons. The van der Waals surface area contributed by atoms with Crippen LogP contribution in [-0.4, -0.2) is 16.8 Å². The SMILES string of the molecule is CC1CCC(C(=O)NC2CCCC2Br)CC1. The van der Waals surface area contributed by atoms with Crippen molar-refractivity contribution in [2.24, 2.45) is 11.8 Å². The molecule has 0 heterocycles. The van der Waals surface area contributed by atoms with Gasteiger partial charge in [0.2, 0.25) is 5.91 Å². The molecule has 0 aromatic carbocycles. The van der Waals surface area contributed by atoms with Crippen molar-refractivity contribution in [3.63, 3.8) is 0 Å². The van der Waals surface area contributed by atoms with Gasteiger partial charge in [0.25, 0.3) is 0 Å². The first kappa shape index (κ1) is 12.4. The van der Waals surface area contributed by atoms with Crippen LogP contribution in [0.25, 0.3) is 0 Å². The molecule has 2 atom stereocenters. The monoisotopic (exact) mass is 287 g/mol. The minimum absolute atomic E-state index is 0.288. The van der Waals surface area contributed by atoms with E-state index in [2.05, 4.69) is 28.2 Å². The van der Waals surface area contributed by atoms with E-state index in [1.165, 1.54) is 25.7 Å². The Morgan fingerprint density at radius 3 is 2.38 bits per heavy atom. The molecule has 2 saturated carbocycles. The Hall–Kier alpha value is -0.0500. The van der Waals surface area contributed by atoms with E-state index < -0.39 is 0 Å². The Morgan fingerprint density at radius 1 is 1.12 bits per heavy atom. The van der Waals surface area contributed by atoms with E-state index in [0.717, 1.165) is 25.2 Å². The highest BCUT2D eigenvalue weighted by molar-refractivity contribution is 9.09. The number of halogens is 1. The Bertz CT molecular complexity index is 248. The lowest BCUT2D eigenvalue weighted by atomic mass is 9.82. The highest BCUT2D eigenvalue weighted by Crippen LogP contribution is 2.30. The summed E-state index contributed by atoms with van der Waals surface area (Å²) in [5.74, 6) is 1.42. The number of carbonyl (C=O) groups excluding carboxylic acids is 1. The quantitative estimate of drug-likeness (QED) is 0.776. The molecule has 2 aliphatic carbocycles. The lowest BCUT2D eigenvalue weighted by Crippen LogP contribution is -2.42. The minimum atomic E-state index is 0.288. The summed E-state index contributed by atoms with van der Waals surface area (Å²) in [5, 5.41) is 3.23. The molecule has 0 aromatic rings. The van der Waals surface area contributed by atoms with Crippen molar-refractivity contribution in [2.75, 3.05) is 0 Å². The van der Waals surface area contributed by atoms with E-state index in [4.69, 9.17) is 0 Å². The fraction of sp³-hybridized carbons (Fsp3) is 0.923. The summed E-state index contributed by atoms with van der Waals surface area (Å²) < 4.78 is 0. The zero-order chi connectivity index (χ0) is 11.5. The van der Waals surface area contributed by atoms with Crippen molar-refractivity contribution < 1.29 is 4.79 Å². The average molecular weight is 288 g/mol. The number of carbonyl (C=O) groups is 1. The van der Waals surface area contributed by atoms with E-state index >= 15 is 0 Å². The van der Waals surface area contributed by atoms with E-state index in [0.29, 0.717) is 16.8 Å². The van der Waals surface area contributed by atoms with Crippen LogP contribution < -0.4 is 5.32 Å². The van der Waals surface area contributed by atoms with Crippen molar-refractivity contribution >= 4 is 21.8 Å². The molecule has 2 rings (SSSR count). The minimum Gasteiger partial charge on any atom is -0.352 e. The van der Waals surface area contributed by atoms with E-state index in [1.54, 1.807) is 0 Å². The number of alkyl halides is 1. The van der Waals surface area contributed by atoms with Gasteiger partial charge in [-0.2, -0.15) is 0 Å². The molecule has 0 spiro atoms. The average Bonchev–Trinajstić information content (AvgIpc) is 2.65. The second-order valence-corrected chi connectivity index (χ2v) is 6.69. The molecule has 2 nitrogen and oxygen atoms in total. The topological polar surface area (TPSA) is 29.1 Å². The van der Waals surface area contributed by atoms with Crippen LogP contribution in [0.2, 0.25) is 0 Å². The van der Waals surface area contributed by atoms with Crippen molar-refractivity contribution in [1.82, 2.24) is 5.32 Å². The first-order valence-corrected chi connectivity index (χ1v) is 7.53. The van der Waals surface area contributed by atoms with E-state index in [9.17, 15) is 4.79 Å². The van der Waals surface area contributed by atoms with Crippen molar-refractivity contribution in [1.29, 1.82) is 0 Å². The standard InChI is InChI=1S/C13H22BrNO/c1-9-5-7-10(8-6-9)13(16)15-12-4-2-3-11(12)14/h9-12H,2-8H2,1H3,(H,15,16). The molecule has 3 heteroatoms. The smallest absolute Gasteiger partial charge is 0.223 e. The molecule has 2 aliphatic rings. The molecule has 0 aliphatic heterocycles. The predicted octanol–water partition coefficient (Wildman–Crippen LogP) is 3.24.